The standard InChI is InChI=1S/C22H19N3O3S/c1-13-12-14(2)24-21-16(13)17(25-10-6-7-11-25)19(29-21)22(27)28-18(20(23)26)15-8-4-3-5-9-15/h3-12,18H,1-2H3,(H2,23,26). The van der Waals surface area contributed by atoms with E-state index in [4.69, 9.17) is 10.5 Å². The number of nitrogens with two attached hydrogens (primary N) is 1. The predicted molar refractivity (Wildman–Crippen MR) is 112 cm³/mol. The molecule has 0 saturated heterocycles. The summed E-state index contributed by atoms with van der Waals surface area (Å²) < 4.78 is 7.44. The van der Waals surface area contributed by atoms with Gasteiger partial charge in [-0.15, -0.1) is 11.3 Å². The number of primary amides is 1. The first-order valence-corrected chi connectivity index (χ1v) is 9.86. The predicted octanol–water partition coefficient (Wildman–Crippen LogP) is 4.09. The Morgan fingerprint density at radius 3 is 2.45 bits per heavy atom. The minimum Gasteiger partial charge on any atom is -0.443 e. The van der Waals surface area contributed by atoms with Crippen molar-refractivity contribution in [2.75, 3.05) is 0 Å². The van der Waals surface area contributed by atoms with Crippen LogP contribution in [0, 0.1) is 13.8 Å². The van der Waals surface area contributed by atoms with Crippen molar-refractivity contribution < 1.29 is 14.3 Å². The summed E-state index contributed by atoms with van der Waals surface area (Å²) in [6.45, 7) is 3.90. The Hall–Kier alpha value is -3.45. The molecule has 7 heteroatoms. The SMILES string of the molecule is Cc1cc(C)c2c(-n3cccc3)c(C(=O)OC(C(N)=O)c3ccccc3)sc2n1. The van der Waals surface area contributed by atoms with Crippen molar-refractivity contribution >= 4 is 33.4 Å². The lowest BCUT2D eigenvalue weighted by Gasteiger charge is -2.15. The summed E-state index contributed by atoms with van der Waals surface area (Å²) >= 11 is 1.25. The van der Waals surface area contributed by atoms with Crippen LogP contribution in [0.4, 0.5) is 0 Å². The van der Waals surface area contributed by atoms with Crippen LogP contribution in [0.2, 0.25) is 0 Å². The van der Waals surface area contributed by atoms with Gasteiger partial charge in [0, 0.05) is 29.0 Å². The summed E-state index contributed by atoms with van der Waals surface area (Å²) in [5.74, 6) is -1.33. The lowest BCUT2D eigenvalue weighted by molar-refractivity contribution is -0.127. The van der Waals surface area contributed by atoms with Crippen LogP contribution in [0.15, 0.2) is 60.9 Å². The molecular formula is C22H19N3O3S. The number of carbonyl (C=O) groups is 2. The summed E-state index contributed by atoms with van der Waals surface area (Å²) in [5, 5.41) is 0.888. The Morgan fingerprint density at radius 1 is 1.10 bits per heavy atom. The number of amides is 1. The zero-order valence-corrected chi connectivity index (χ0v) is 16.8. The maximum atomic E-state index is 13.2. The van der Waals surface area contributed by atoms with Gasteiger partial charge in [-0.05, 0) is 37.6 Å². The van der Waals surface area contributed by atoms with Crippen molar-refractivity contribution in [3.8, 4) is 5.69 Å². The summed E-state index contributed by atoms with van der Waals surface area (Å²) in [4.78, 5) is 30.8. The van der Waals surface area contributed by atoms with Crippen LogP contribution in [-0.2, 0) is 9.53 Å². The van der Waals surface area contributed by atoms with E-state index >= 15 is 0 Å². The van der Waals surface area contributed by atoms with E-state index in [1.165, 1.54) is 11.3 Å². The molecule has 0 saturated carbocycles. The molecule has 0 aliphatic rings. The van der Waals surface area contributed by atoms with Gasteiger partial charge in [0.15, 0.2) is 0 Å². The normalized spacial score (nSPS) is 12.1. The largest absolute Gasteiger partial charge is 0.443 e. The van der Waals surface area contributed by atoms with E-state index in [0.29, 0.717) is 16.1 Å². The number of thiophene rings is 1. The van der Waals surface area contributed by atoms with Crippen molar-refractivity contribution in [3.63, 3.8) is 0 Å². The number of aryl methyl sites for hydroxylation is 2. The maximum absolute atomic E-state index is 13.2. The van der Waals surface area contributed by atoms with Gasteiger partial charge in [-0.1, -0.05) is 30.3 Å². The number of pyridine rings is 1. The number of aromatic nitrogens is 2. The number of hydrogen-bond donors (Lipinski definition) is 1. The van der Waals surface area contributed by atoms with E-state index in [2.05, 4.69) is 4.98 Å². The average molecular weight is 405 g/mol. The second kappa shape index (κ2) is 7.52. The van der Waals surface area contributed by atoms with Gasteiger partial charge in [-0.25, -0.2) is 9.78 Å². The van der Waals surface area contributed by atoms with Crippen LogP contribution >= 0.6 is 11.3 Å². The third kappa shape index (κ3) is 3.52. The molecule has 0 aliphatic heterocycles. The number of fused-ring (bicyclic) bond motifs is 1. The fourth-order valence-electron chi connectivity index (χ4n) is 3.37. The van der Waals surface area contributed by atoms with Crippen molar-refractivity contribution in [2.24, 2.45) is 5.73 Å². The van der Waals surface area contributed by atoms with E-state index < -0.39 is 18.0 Å². The second-order valence-corrected chi connectivity index (χ2v) is 7.73. The summed E-state index contributed by atoms with van der Waals surface area (Å²) in [7, 11) is 0. The zero-order valence-electron chi connectivity index (χ0n) is 16.0. The first kappa shape index (κ1) is 18.9. The van der Waals surface area contributed by atoms with Gasteiger partial charge in [0.2, 0.25) is 6.10 Å². The van der Waals surface area contributed by atoms with Crippen molar-refractivity contribution in [2.45, 2.75) is 20.0 Å². The third-order valence-corrected chi connectivity index (χ3v) is 5.65. The van der Waals surface area contributed by atoms with Gasteiger partial charge in [0.1, 0.15) is 9.71 Å². The van der Waals surface area contributed by atoms with Crippen molar-refractivity contribution in [1.82, 2.24) is 9.55 Å². The number of rotatable bonds is 5. The molecule has 1 unspecified atom stereocenters. The molecule has 0 bridgehead atoms. The van der Waals surface area contributed by atoms with Crippen molar-refractivity contribution in [3.05, 3.63) is 82.6 Å². The zero-order chi connectivity index (χ0) is 20.5. The molecule has 1 amide bonds. The minimum absolute atomic E-state index is 0.375. The Bertz CT molecular complexity index is 1200. The highest BCUT2D eigenvalue weighted by Crippen LogP contribution is 2.37. The molecule has 0 radical (unpaired) electrons. The molecule has 0 fully saturated rings. The first-order chi connectivity index (χ1) is 14.0. The van der Waals surface area contributed by atoms with Gasteiger partial charge in [0.05, 0.1) is 5.69 Å². The van der Waals surface area contributed by atoms with Crippen LogP contribution < -0.4 is 5.73 Å². The molecule has 2 N–H and O–H groups in total. The number of hydrogen-bond acceptors (Lipinski definition) is 5. The van der Waals surface area contributed by atoms with Crippen LogP contribution in [0.5, 0.6) is 0 Å². The van der Waals surface area contributed by atoms with Gasteiger partial charge in [0.25, 0.3) is 5.91 Å². The topological polar surface area (TPSA) is 87.2 Å². The molecule has 0 aliphatic carbocycles. The fraction of sp³-hybridized carbons (Fsp3) is 0.136. The molecule has 3 heterocycles. The third-order valence-electron chi connectivity index (χ3n) is 4.60. The van der Waals surface area contributed by atoms with Crippen LogP contribution in [0.25, 0.3) is 15.9 Å². The minimum atomic E-state index is -1.16. The smallest absolute Gasteiger partial charge is 0.351 e. The Labute approximate surface area is 171 Å². The number of esters is 1. The number of carbonyl (C=O) groups excluding carboxylic acids is 2. The summed E-state index contributed by atoms with van der Waals surface area (Å²) in [5.41, 5.74) is 8.63. The highest BCUT2D eigenvalue weighted by atomic mass is 32.1. The van der Waals surface area contributed by atoms with Crippen LogP contribution in [-0.4, -0.2) is 21.4 Å². The average Bonchev–Trinajstić information content (AvgIpc) is 3.33. The molecule has 4 rings (SSSR count). The highest BCUT2D eigenvalue weighted by molar-refractivity contribution is 7.21. The number of ether oxygens (including phenoxy) is 1. The lowest BCUT2D eigenvalue weighted by atomic mass is 10.1. The van der Waals surface area contributed by atoms with Gasteiger partial charge >= 0.3 is 5.97 Å². The molecule has 6 nitrogen and oxygen atoms in total. The van der Waals surface area contributed by atoms with Crippen molar-refractivity contribution in [1.29, 1.82) is 0 Å². The van der Waals surface area contributed by atoms with Crippen LogP contribution in [0.1, 0.15) is 32.6 Å². The Morgan fingerprint density at radius 2 is 1.79 bits per heavy atom. The van der Waals surface area contributed by atoms with Gasteiger partial charge < -0.3 is 15.0 Å². The van der Waals surface area contributed by atoms with E-state index in [1.807, 2.05) is 55.1 Å². The van der Waals surface area contributed by atoms with E-state index in [0.717, 1.165) is 21.5 Å². The molecular weight excluding hydrogens is 386 g/mol. The summed E-state index contributed by atoms with van der Waals surface area (Å²) in [6, 6.07) is 14.5. The lowest BCUT2D eigenvalue weighted by Crippen LogP contribution is -2.26. The first-order valence-electron chi connectivity index (χ1n) is 9.05. The van der Waals surface area contributed by atoms with E-state index in [1.54, 1.807) is 24.3 Å². The highest BCUT2D eigenvalue weighted by Gasteiger charge is 2.28. The quantitative estimate of drug-likeness (QED) is 0.507. The monoisotopic (exact) mass is 405 g/mol. The molecule has 29 heavy (non-hydrogen) atoms. The second-order valence-electron chi connectivity index (χ2n) is 6.73. The summed E-state index contributed by atoms with van der Waals surface area (Å²) in [6.07, 6.45) is 2.56. The molecule has 1 aromatic carbocycles. The van der Waals surface area contributed by atoms with Gasteiger partial charge in [-0.2, -0.15) is 0 Å². The molecule has 3 aromatic heterocycles. The molecule has 146 valence electrons. The van der Waals surface area contributed by atoms with Gasteiger partial charge in [-0.3, -0.25) is 4.79 Å². The molecule has 1 atom stereocenters. The number of benzene rings is 1. The Balaban J connectivity index is 1.83. The molecule has 4 aromatic rings. The Kier molecular flexibility index (Phi) is 4.90. The van der Waals surface area contributed by atoms with Crippen LogP contribution in [0.3, 0.4) is 0 Å². The number of nitrogens with zero attached hydrogens (tertiary/aromatic N) is 2. The maximum Gasteiger partial charge on any atom is 0.351 e. The van der Waals surface area contributed by atoms with E-state index in [-0.39, 0.29) is 0 Å². The molecule has 0 spiro atoms. The van der Waals surface area contributed by atoms with E-state index in [9.17, 15) is 9.59 Å². The fourth-order valence-corrected chi connectivity index (χ4v) is 4.55.